The monoisotopic (exact) mass is 339 g/mol. The molecule has 1 atom stereocenters. The number of carbonyl (C=O) groups excluding carboxylic acids is 1. The van der Waals surface area contributed by atoms with E-state index in [1.165, 1.54) is 32.4 Å². The number of piperidine rings is 2. The molecule has 1 amide bonds. The summed E-state index contributed by atoms with van der Waals surface area (Å²) in [6.07, 6.45) is 6.45. The molecule has 2 aliphatic heterocycles. The van der Waals surface area contributed by atoms with Crippen LogP contribution in [0.4, 0.5) is 0 Å². The number of nitrogens with zero attached hydrogens (tertiary/aromatic N) is 2. The Kier molecular flexibility index (Phi) is 10.6. The zero-order valence-corrected chi connectivity index (χ0v) is 15.0. The summed E-state index contributed by atoms with van der Waals surface area (Å²) in [6, 6.07) is 0.726. The van der Waals surface area contributed by atoms with Crippen molar-refractivity contribution < 1.29 is 4.79 Å². The van der Waals surface area contributed by atoms with Crippen molar-refractivity contribution in [1.29, 1.82) is 0 Å². The molecule has 2 fully saturated rings. The van der Waals surface area contributed by atoms with Crippen molar-refractivity contribution in [3.8, 4) is 0 Å². The topological polar surface area (TPSA) is 35.6 Å². The van der Waals surface area contributed by atoms with Gasteiger partial charge in [0.15, 0.2) is 0 Å². The first kappa shape index (κ1) is 21.0. The van der Waals surface area contributed by atoms with E-state index in [1.807, 2.05) is 14.0 Å². The third kappa shape index (κ3) is 5.93. The second-order valence-corrected chi connectivity index (χ2v) is 6.11. The van der Waals surface area contributed by atoms with Gasteiger partial charge in [-0.2, -0.15) is 0 Å². The molecular weight excluding hydrogens is 309 g/mol. The summed E-state index contributed by atoms with van der Waals surface area (Å²) in [5, 5.41) is 3.09. The number of carbonyl (C=O) groups is 1. The van der Waals surface area contributed by atoms with Crippen LogP contribution in [0.1, 0.15) is 39.0 Å². The van der Waals surface area contributed by atoms with Gasteiger partial charge in [0.2, 0.25) is 5.91 Å². The van der Waals surface area contributed by atoms with Gasteiger partial charge in [-0.3, -0.25) is 4.79 Å². The average molecular weight is 340 g/mol. The Morgan fingerprint density at radius 2 is 1.67 bits per heavy atom. The lowest BCUT2D eigenvalue weighted by Gasteiger charge is -2.40. The van der Waals surface area contributed by atoms with Crippen LogP contribution in [0.15, 0.2) is 0 Å². The van der Waals surface area contributed by atoms with E-state index in [4.69, 9.17) is 0 Å². The van der Waals surface area contributed by atoms with E-state index in [0.29, 0.717) is 5.91 Å². The zero-order chi connectivity index (χ0) is 13.7. The van der Waals surface area contributed by atoms with Crippen molar-refractivity contribution >= 4 is 30.7 Å². The van der Waals surface area contributed by atoms with Gasteiger partial charge in [0.05, 0.1) is 0 Å². The van der Waals surface area contributed by atoms with E-state index in [2.05, 4.69) is 15.1 Å². The first-order valence-electron chi connectivity index (χ1n) is 7.90. The minimum absolute atomic E-state index is 0. The molecule has 6 heteroatoms. The third-order valence-electron chi connectivity index (χ3n) is 4.62. The lowest BCUT2D eigenvalue weighted by molar-refractivity contribution is -0.136. The fourth-order valence-corrected chi connectivity index (χ4v) is 3.44. The molecule has 2 heterocycles. The van der Waals surface area contributed by atoms with Crippen LogP contribution < -0.4 is 5.32 Å². The Hall–Kier alpha value is -0.0300. The first-order chi connectivity index (χ1) is 9.22. The predicted octanol–water partition coefficient (Wildman–Crippen LogP) is 2.16. The van der Waals surface area contributed by atoms with Gasteiger partial charge in [0, 0.05) is 31.6 Å². The first-order valence-corrected chi connectivity index (χ1v) is 7.90. The maximum atomic E-state index is 12.2. The molecule has 2 aliphatic rings. The molecule has 0 spiro atoms. The largest absolute Gasteiger partial charge is 0.342 e. The molecule has 1 unspecified atom stereocenters. The van der Waals surface area contributed by atoms with Crippen LogP contribution in [0.25, 0.3) is 0 Å². The molecule has 0 aromatic rings. The highest BCUT2D eigenvalue weighted by atomic mass is 35.5. The minimum Gasteiger partial charge on any atom is -0.342 e. The van der Waals surface area contributed by atoms with Crippen LogP contribution in [0, 0.1) is 5.92 Å². The van der Waals surface area contributed by atoms with Gasteiger partial charge in [-0.1, -0.05) is 13.3 Å². The summed E-state index contributed by atoms with van der Waals surface area (Å²) < 4.78 is 0. The lowest BCUT2D eigenvalue weighted by Crippen LogP contribution is -2.49. The SMILES string of the molecule is CNCC(C)C(=O)N1CCC(N2CCCCC2)CC1.Cl.Cl. The van der Waals surface area contributed by atoms with E-state index in [-0.39, 0.29) is 30.7 Å². The predicted molar refractivity (Wildman–Crippen MR) is 92.6 cm³/mol. The molecular formula is C15H31Cl2N3O. The highest BCUT2D eigenvalue weighted by molar-refractivity contribution is 5.85. The number of nitrogens with one attached hydrogen (secondary N) is 1. The molecule has 126 valence electrons. The summed E-state index contributed by atoms with van der Waals surface area (Å²) in [5.74, 6) is 0.433. The van der Waals surface area contributed by atoms with Crippen molar-refractivity contribution in [3.63, 3.8) is 0 Å². The minimum atomic E-state index is 0. The van der Waals surface area contributed by atoms with Crippen LogP contribution in [0.3, 0.4) is 0 Å². The standard InChI is InChI=1S/C15H29N3O.2ClH/c1-13(12-16-2)15(19)18-10-6-14(7-11-18)17-8-4-3-5-9-17;;/h13-14,16H,3-12H2,1-2H3;2*1H. The summed E-state index contributed by atoms with van der Waals surface area (Å²) in [4.78, 5) is 17.0. The average Bonchev–Trinajstić information content (AvgIpc) is 2.48. The molecule has 0 aromatic heterocycles. The van der Waals surface area contributed by atoms with Crippen molar-refractivity contribution in [2.75, 3.05) is 39.8 Å². The number of likely N-dealkylation sites (tertiary alicyclic amines) is 2. The molecule has 0 aromatic carbocycles. The van der Waals surface area contributed by atoms with Gasteiger partial charge < -0.3 is 15.1 Å². The maximum absolute atomic E-state index is 12.2. The molecule has 4 nitrogen and oxygen atoms in total. The van der Waals surface area contributed by atoms with E-state index in [9.17, 15) is 4.79 Å². The lowest BCUT2D eigenvalue weighted by atomic mass is 9.99. The second kappa shape index (κ2) is 10.7. The Morgan fingerprint density at radius 3 is 2.19 bits per heavy atom. The van der Waals surface area contributed by atoms with E-state index < -0.39 is 0 Å². The zero-order valence-electron chi connectivity index (χ0n) is 13.3. The van der Waals surface area contributed by atoms with Crippen LogP contribution in [-0.2, 0) is 4.79 Å². The Bertz CT molecular complexity index is 291. The van der Waals surface area contributed by atoms with Gasteiger partial charge in [-0.15, -0.1) is 24.8 Å². The Morgan fingerprint density at radius 1 is 1.10 bits per heavy atom. The van der Waals surface area contributed by atoms with Crippen LogP contribution in [0.2, 0.25) is 0 Å². The summed E-state index contributed by atoms with van der Waals surface area (Å²) >= 11 is 0. The Labute approximate surface area is 141 Å². The number of hydrogen-bond donors (Lipinski definition) is 1. The van der Waals surface area contributed by atoms with Gasteiger partial charge in [0.25, 0.3) is 0 Å². The number of hydrogen-bond acceptors (Lipinski definition) is 3. The van der Waals surface area contributed by atoms with Gasteiger partial charge in [-0.05, 0) is 45.8 Å². The Balaban J connectivity index is 0.00000200. The van der Waals surface area contributed by atoms with E-state index in [0.717, 1.165) is 38.5 Å². The summed E-state index contributed by atoms with van der Waals surface area (Å²) in [6.45, 7) is 7.26. The normalized spacial score (nSPS) is 22.1. The van der Waals surface area contributed by atoms with Crippen LogP contribution in [-0.4, -0.2) is 61.5 Å². The van der Waals surface area contributed by atoms with Crippen LogP contribution >= 0.6 is 24.8 Å². The van der Waals surface area contributed by atoms with Gasteiger partial charge >= 0.3 is 0 Å². The third-order valence-corrected chi connectivity index (χ3v) is 4.62. The number of amides is 1. The molecule has 0 bridgehead atoms. The highest BCUT2D eigenvalue weighted by Gasteiger charge is 2.28. The smallest absolute Gasteiger partial charge is 0.226 e. The quantitative estimate of drug-likeness (QED) is 0.852. The molecule has 1 N–H and O–H groups in total. The molecule has 2 rings (SSSR count). The highest BCUT2D eigenvalue weighted by Crippen LogP contribution is 2.21. The molecule has 0 radical (unpaired) electrons. The molecule has 2 saturated heterocycles. The van der Waals surface area contributed by atoms with Crippen molar-refractivity contribution in [3.05, 3.63) is 0 Å². The summed E-state index contributed by atoms with van der Waals surface area (Å²) in [5.41, 5.74) is 0. The number of rotatable bonds is 4. The second-order valence-electron chi connectivity index (χ2n) is 6.11. The van der Waals surface area contributed by atoms with E-state index in [1.54, 1.807) is 0 Å². The number of halogens is 2. The van der Waals surface area contributed by atoms with Crippen LogP contribution in [0.5, 0.6) is 0 Å². The molecule has 21 heavy (non-hydrogen) atoms. The molecule has 0 saturated carbocycles. The van der Waals surface area contributed by atoms with Gasteiger partial charge in [-0.25, -0.2) is 0 Å². The summed E-state index contributed by atoms with van der Waals surface area (Å²) in [7, 11) is 1.91. The van der Waals surface area contributed by atoms with Crippen molar-refractivity contribution in [1.82, 2.24) is 15.1 Å². The maximum Gasteiger partial charge on any atom is 0.226 e. The van der Waals surface area contributed by atoms with Gasteiger partial charge in [0.1, 0.15) is 0 Å². The fraction of sp³-hybridized carbons (Fsp3) is 0.933. The van der Waals surface area contributed by atoms with Crippen molar-refractivity contribution in [2.45, 2.75) is 45.1 Å². The fourth-order valence-electron chi connectivity index (χ4n) is 3.44. The molecule has 0 aliphatic carbocycles. The van der Waals surface area contributed by atoms with Crippen molar-refractivity contribution in [2.24, 2.45) is 5.92 Å². The van der Waals surface area contributed by atoms with E-state index >= 15 is 0 Å².